The molecule has 3 aromatic rings. The Labute approximate surface area is 185 Å². The first-order valence-corrected chi connectivity index (χ1v) is 11.2. The number of benzene rings is 1. The van der Waals surface area contributed by atoms with E-state index < -0.39 is 0 Å². The highest BCUT2D eigenvalue weighted by atomic mass is 32.1. The number of nitrogens with one attached hydrogen (secondary N) is 2. The van der Waals surface area contributed by atoms with Crippen molar-refractivity contribution in [2.45, 2.75) is 39.2 Å². The molecule has 1 aliphatic rings. The minimum atomic E-state index is -0.276. The van der Waals surface area contributed by atoms with Crippen LogP contribution >= 0.6 is 11.3 Å². The Kier molecular flexibility index (Phi) is 6.62. The highest BCUT2D eigenvalue weighted by Gasteiger charge is 2.26. The van der Waals surface area contributed by atoms with E-state index in [2.05, 4.69) is 15.6 Å². The van der Waals surface area contributed by atoms with Crippen LogP contribution < -0.4 is 15.4 Å². The standard InChI is InChI=1S/C24H25N3O3S/c1-16-6-4-8-18(12-16)30-15-21(28)27-24-22(19-9-2-3-10-20(19)31-24)23(29)26-14-17-7-5-11-25-13-17/h4-8,11-13H,2-3,9-10,14-15H2,1H3,(H,26,29)(H,27,28). The van der Waals surface area contributed by atoms with Crippen molar-refractivity contribution in [2.75, 3.05) is 11.9 Å². The molecule has 0 spiro atoms. The number of aromatic nitrogens is 1. The number of thiophene rings is 1. The molecule has 0 aliphatic heterocycles. The fraction of sp³-hybridized carbons (Fsp3) is 0.292. The zero-order chi connectivity index (χ0) is 21.6. The van der Waals surface area contributed by atoms with Gasteiger partial charge < -0.3 is 15.4 Å². The molecule has 2 N–H and O–H groups in total. The van der Waals surface area contributed by atoms with Crippen LogP contribution in [0.2, 0.25) is 0 Å². The molecule has 0 fully saturated rings. The number of pyridine rings is 1. The van der Waals surface area contributed by atoms with E-state index in [4.69, 9.17) is 4.74 Å². The Balaban J connectivity index is 1.47. The molecule has 1 aromatic carbocycles. The van der Waals surface area contributed by atoms with Crippen molar-refractivity contribution < 1.29 is 14.3 Å². The molecule has 0 radical (unpaired) electrons. The van der Waals surface area contributed by atoms with E-state index >= 15 is 0 Å². The van der Waals surface area contributed by atoms with E-state index in [0.29, 0.717) is 22.9 Å². The third-order valence-electron chi connectivity index (χ3n) is 5.19. The second kappa shape index (κ2) is 9.75. The van der Waals surface area contributed by atoms with Gasteiger partial charge in [-0.15, -0.1) is 11.3 Å². The van der Waals surface area contributed by atoms with E-state index in [1.807, 2.05) is 43.3 Å². The van der Waals surface area contributed by atoms with Crippen molar-refractivity contribution >= 4 is 28.2 Å². The fourth-order valence-corrected chi connectivity index (χ4v) is 4.99. The number of hydrogen-bond donors (Lipinski definition) is 2. The number of anilines is 1. The number of fused-ring (bicyclic) bond motifs is 1. The van der Waals surface area contributed by atoms with Crippen LogP contribution in [0.3, 0.4) is 0 Å². The highest BCUT2D eigenvalue weighted by molar-refractivity contribution is 7.17. The molecule has 1 aliphatic carbocycles. The van der Waals surface area contributed by atoms with Gasteiger partial charge in [0.15, 0.2) is 6.61 Å². The average molecular weight is 436 g/mol. The first kappa shape index (κ1) is 21.1. The summed E-state index contributed by atoms with van der Waals surface area (Å²) in [7, 11) is 0. The normalized spacial score (nSPS) is 12.7. The number of nitrogens with zero attached hydrogens (tertiary/aromatic N) is 1. The van der Waals surface area contributed by atoms with E-state index in [1.165, 1.54) is 16.2 Å². The summed E-state index contributed by atoms with van der Waals surface area (Å²) >= 11 is 1.50. The zero-order valence-electron chi connectivity index (χ0n) is 17.4. The second-order valence-corrected chi connectivity index (χ2v) is 8.72. The van der Waals surface area contributed by atoms with Gasteiger partial charge in [0.25, 0.3) is 11.8 Å². The largest absolute Gasteiger partial charge is 0.484 e. The smallest absolute Gasteiger partial charge is 0.262 e. The van der Waals surface area contributed by atoms with Crippen LogP contribution in [-0.4, -0.2) is 23.4 Å². The Morgan fingerprint density at radius 2 is 2.03 bits per heavy atom. The molecule has 2 amide bonds. The number of aryl methyl sites for hydroxylation is 2. The molecule has 0 bridgehead atoms. The second-order valence-electron chi connectivity index (χ2n) is 7.61. The predicted molar refractivity (Wildman–Crippen MR) is 122 cm³/mol. The molecule has 4 rings (SSSR count). The number of carbonyl (C=O) groups is 2. The molecular formula is C24H25N3O3S. The first-order chi connectivity index (χ1) is 15.1. The quantitative estimate of drug-likeness (QED) is 0.581. The summed E-state index contributed by atoms with van der Waals surface area (Å²) in [5.74, 6) is 0.203. The van der Waals surface area contributed by atoms with Gasteiger partial charge in [0.1, 0.15) is 10.8 Å². The maximum atomic E-state index is 13.1. The molecule has 6 nitrogen and oxygen atoms in total. The number of rotatable bonds is 7. The van der Waals surface area contributed by atoms with E-state index in [-0.39, 0.29) is 18.4 Å². The summed E-state index contributed by atoms with van der Waals surface area (Å²) in [4.78, 5) is 30.9. The molecule has 160 valence electrons. The van der Waals surface area contributed by atoms with Crippen LogP contribution in [0.4, 0.5) is 5.00 Å². The molecule has 7 heteroatoms. The number of carbonyl (C=O) groups excluding carboxylic acids is 2. The SMILES string of the molecule is Cc1cccc(OCC(=O)Nc2sc3c(c2C(=O)NCc2cccnc2)CCCC3)c1. The summed E-state index contributed by atoms with van der Waals surface area (Å²) < 4.78 is 5.61. The van der Waals surface area contributed by atoms with Gasteiger partial charge in [-0.2, -0.15) is 0 Å². The predicted octanol–water partition coefficient (Wildman–Crippen LogP) is 4.28. The Bertz CT molecular complexity index is 1080. The van der Waals surface area contributed by atoms with Gasteiger partial charge >= 0.3 is 0 Å². The zero-order valence-corrected chi connectivity index (χ0v) is 18.3. The van der Waals surface area contributed by atoms with Crippen LogP contribution in [0, 0.1) is 6.92 Å². The third kappa shape index (κ3) is 5.30. The van der Waals surface area contributed by atoms with E-state index in [9.17, 15) is 9.59 Å². The van der Waals surface area contributed by atoms with Gasteiger partial charge in [-0.1, -0.05) is 18.2 Å². The third-order valence-corrected chi connectivity index (χ3v) is 6.39. The van der Waals surface area contributed by atoms with Crippen molar-refractivity contribution in [3.05, 3.63) is 75.9 Å². The number of hydrogen-bond acceptors (Lipinski definition) is 5. The summed E-state index contributed by atoms with van der Waals surface area (Å²) in [6.07, 6.45) is 7.39. The molecule has 0 unspecified atom stereocenters. The summed E-state index contributed by atoms with van der Waals surface area (Å²) in [6, 6.07) is 11.3. The van der Waals surface area contributed by atoms with Crippen molar-refractivity contribution in [3.63, 3.8) is 0 Å². The highest BCUT2D eigenvalue weighted by Crippen LogP contribution is 2.38. The lowest BCUT2D eigenvalue weighted by Gasteiger charge is -2.13. The lowest BCUT2D eigenvalue weighted by molar-refractivity contribution is -0.118. The van der Waals surface area contributed by atoms with Crippen LogP contribution in [0.15, 0.2) is 48.8 Å². The van der Waals surface area contributed by atoms with Crippen molar-refractivity contribution in [2.24, 2.45) is 0 Å². The monoisotopic (exact) mass is 435 g/mol. The lowest BCUT2D eigenvalue weighted by atomic mass is 9.95. The van der Waals surface area contributed by atoms with Crippen molar-refractivity contribution in [3.8, 4) is 5.75 Å². The van der Waals surface area contributed by atoms with Gasteiger partial charge in [0, 0.05) is 23.8 Å². The Hall–Kier alpha value is -3.19. The maximum absolute atomic E-state index is 13.1. The fourth-order valence-electron chi connectivity index (χ4n) is 3.68. The van der Waals surface area contributed by atoms with Crippen LogP contribution in [0.5, 0.6) is 5.75 Å². The van der Waals surface area contributed by atoms with Gasteiger partial charge in [0.05, 0.1) is 5.56 Å². The number of amides is 2. The van der Waals surface area contributed by atoms with Gasteiger partial charge in [-0.25, -0.2) is 0 Å². The Morgan fingerprint density at radius 3 is 2.84 bits per heavy atom. The topological polar surface area (TPSA) is 80.3 Å². The van der Waals surface area contributed by atoms with E-state index in [0.717, 1.165) is 42.4 Å². The van der Waals surface area contributed by atoms with Gasteiger partial charge in [0.2, 0.25) is 0 Å². The minimum Gasteiger partial charge on any atom is -0.484 e. The van der Waals surface area contributed by atoms with Crippen LogP contribution in [-0.2, 0) is 24.2 Å². The molecule has 0 saturated heterocycles. The van der Waals surface area contributed by atoms with Gasteiger partial charge in [-0.3, -0.25) is 14.6 Å². The molecule has 0 atom stereocenters. The molecule has 2 aromatic heterocycles. The number of ether oxygens (including phenoxy) is 1. The summed E-state index contributed by atoms with van der Waals surface area (Å²) in [5.41, 5.74) is 3.65. The summed E-state index contributed by atoms with van der Waals surface area (Å²) in [5, 5.41) is 6.49. The first-order valence-electron chi connectivity index (χ1n) is 10.4. The molecular weight excluding hydrogens is 410 g/mol. The summed E-state index contributed by atoms with van der Waals surface area (Å²) in [6.45, 7) is 2.25. The van der Waals surface area contributed by atoms with Crippen molar-refractivity contribution in [1.29, 1.82) is 0 Å². The molecule has 0 saturated carbocycles. The van der Waals surface area contributed by atoms with E-state index in [1.54, 1.807) is 12.4 Å². The molecule has 2 heterocycles. The van der Waals surface area contributed by atoms with Gasteiger partial charge in [-0.05, 0) is 67.5 Å². The Morgan fingerprint density at radius 1 is 1.16 bits per heavy atom. The average Bonchev–Trinajstić information content (AvgIpc) is 3.14. The lowest BCUT2D eigenvalue weighted by Crippen LogP contribution is -2.26. The minimum absolute atomic E-state index is 0.108. The van der Waals surface area contributed by atoms with Crippen LogP contribution in [0.25, 0.3) is 0 Å². The van der Waals surface area contributed by atoms with Crippen LogP contribution in [0.1, 0.15) is 44.8 Å². The maximum Gasteiger partial charge on any atom is 0.262 e. The molecule has 31 heavy (non-hydrogen) atoms. The van der Waals surface area contributed by atoms with Crippen molar-refractivity contribution in [1.82, 2.24) is 10.3 Å².